The van der Waals surface area contributed by atoms with Crippen molar-refractivity contribution >= 4 is 34.7 Å². The van der Waals surface area contributed by atoms with Gasteiger partial charge in [-0.2, -0.15) is 10.2 Å². The van der Waals surface area contributed by atoms with Crippen molar-refractivity contribution in [3.63, 3.8) is 0 Å². The standard InChI is InChI=1S/C22H26ClN3O6/c1-6-31-16-8-14(9-17(10-16)32-7-2)25-26-21(13(3)27)22(28)24-18-11-15(29-4)12-19(30-5)20(18)23/h8-12,21H,6-7H2,1-5H3,(H,24,28). The van der Waals surface area contributed by atoms with E-state index in [9.17, 15) is 9.59 Å². The summed E-state index contributed by atoms with van der Waals surface area (Å²) < 4.78 is 21.4. The zero-order valence-electron chi connectivity index (χ0n) is 18.6. The number of carbonyl (C=O) groups is 2. The molecule has 0 heterocycles. The number of hydrogen-bond acceptors (Lipinski definition) is 8. The zero-order chi connectivity index (χ0) is 23.7. The molecule has 172 valence electrons. The fraction of sp³-hybridized carbons (Fsp3) is 0.364. The fourth-order valence-corrected chi connectivity index (χ4v) is 2.92. The van der Waals surface area contributed by atoms with Gasteiger partial charge in [-0.25, -0.2) is 0 Å². The highest BCUT2D eigenvalue weighted by Crippen LogP contribution is 2.36. The molecule has 0 aliphatic rings. The van der Waals surface area contributed by atoms with Gasteiger partial charge in [0.25, 0.3) is 5.91 Å². The summed E-state index contributed by atoms with van der Waals surface area (Å²) in [7, 11) is 2.90. The molecule has 2 aromatic rings. The van der Waals surface area contributed by atoms with E-state index in [4.69, 9.17) is 30.5 Å². The molecule has 1 unspecified atom stereocenters. The molecular weight excluding hydrogens is 438 g/mol. The lowest BCUT2D eigenvalue weighted by Gasteiger charge is -2.14. The van der Waals surface area contributed by atoms with Gasteiger partial charge in [-0.05, 0) is 20.8 Å². The highest BCUT2D eigenvalue weighted by molar-refractivity contribution is 6.35. The number of carbonyl (C=O) groups excluding carboxylic acids is 2. The Bertz CT molecular complexity index is 972. The minimum atomic E-state index is -1.39. The second kappa shape index (κ2) is 11.9. The first-order valence-corrected chi connectivity index (χ1v) is 10.2. The summed E-state index contributed by atoms with van der Waals surface area (Å²) in [5.41, 5.74) is 0.589. The van der Waals surface area contributed by atoms with Gasteiger partial charge in [-0.3, -0.25) is 9.59 Å². The zero-order valence-corrected chi connectivity index (χ0v) is 19.4. The number of ether oxygens (including phenoxy) is 4. The average Bonchev–Trinajstić information content (AvgIpc) is 2.75. The Morgan fingerprint density at radius 2 is 1.59 bits per heavy atom. The smallest absolute Gasteiger partial charge is 0.258 e. The summed E-state index contributed by atoms with van der Waals surface area (Å²) in [6.45, 7) is 5.86. The van der Waals surface area contributed by atoms with Gasteiger partial charge in [0.1, 0.15) is 28.0 Å². The summed E-state index contributed by atoms with van der Waals surface area (Å²) >= 11 is 6.27. The van der Waals surface area contributed by atoms with E-state index < -0.39 is 17.7 Å². The van der Waals surface area contributed by atoms with Crippen molar-refractivity contribution in [2.45, 2.75) is 26.8 Å². The van der Waals surface area contributed by atoms with Crippen LogP contribution in [0.15, 0.2) is 40.6 Å². The molecule has 0 spiro atoms. The van der Waals surface area contributed by atoms with Crippen molar-refractivity contribution in [1.29, 1.82) is 0 Å². The molecule has 0 saturated carbocycles. The molecular formula is C22H26ClN3O6. The Balaban J connectivity index is 2.30. The molecule has 1 amide bonds. The van der Waals surface area contributed by atoms with Gasteiger partial charge in [0, 0.05) is 30.3 Å². The van der Waals surface area contributed by atoms with Crippen molar-refractivity contribution in [3.05, 3.63) is 35.4 Å². The van der Waals surface area contributed by atoms with Gasteiger partial charge in [-0.1, -0.05) is 11.6 Å². The quantitative estimate of drug-likeness (QED) is 0.377. The third-order valence-electron chi connectivity index (χ3n) is 4.14. The first-order chi connectivity index (χ1) is 15.3. The number of ketones is 1. The van der Waals surface area contributed by atoms with Crippen LogP contribution in [0.2, 0.25) is 5.02 Å². The van der Waals surface area contributed by atoms with Crippen LogP contribution in [-0.4, -0.2) is 45.2 Å². The predicted octanol–water partition coefficient (Wildman–Crippen LogP) is 4.83. The number of azo groups is 1. The first-order valence-electron chi connectivity index (χ1n) is 9.87. The van der Waals surface area contributed by atoms with E-state index >= 15 is 0 Å². The third-order valence-corrected chi connectivity index (χ3v) is 4.52. The number of nitrogens with zero attached hydrogens (tertiary/aromatic N) is 2. The van der Waals surface area contributed by atoms with Crippen LogP contribution in [0.4, 0.5) is 11.4 Å². The molecule has 2 aromatic carbocycles. The van der Waals surface area contributed by atoms with Crippen LogP contribution in [0.25, 0.3) is 0 Å². The Morgan fingerprint density at radius 1 is 0.969 bits per heavy atom. The molecule has 0 aliphatic heterocycles. The summed E-state index contributed by atoms with van der Waals surface area (Å²) in [5, 5.41) is 10.8. The van der Waals surface area contributed by atoms with E-state index in [1.54, 1.807) is 24.3 Å². The van der Waals surface area contributed by atoms with Crippen LogP contribution >= 0.6 is 11.6 Å². The topological polar surface area (TPSA) is 108 Å². The molecule has 0 saturated heterocycles. The number of hydrogen-bond donors (Lipinski definition) is 1. The highest BCUT2D eigenvalue weighted by atomic mass is 35.5. The Hall–Kier alpha value is -3.33. The van der Waals surface area contributed by atoms with Crippen LogP contribution in [0.5, 0.6) is 23.0 Å². The molecule has 1 N–H and O–H groups in total. The number of amides is 1. The minimum Gasteiger partial charge on any atom is -0.497 e. The predicted molar refractivity (Wildman–Crippen MR) is 121 cm³/mol. The van der Waals surface area contributed by atoms with Crippen LogP contribution in [0, 0.1) is 0 Å². The Kier molecular flexibility index (Phi) is 9.27. The summed E-state index contributed by atoms with van der Waals surface area (Å²) in [6, 6.07) is 6.68. The van der Waals surface area contributed by atoms with Crippen molar-refractivity contribution < 1.29 is 28.5 Å². The molecule has 2 rings (SSSR count). The average molecular weight is 464 g/mol. The molecule has 0 fully saturated rings. The monoisotopic (exact) mass is 463 g/mol. The van der Waals surface area contributed by atoms with Gasteiger partial charge >= 0.3 is 0 Å². The van der Waals surface area contributed by atoms with Gasteiger partial charge in [0.2, 0.25) is 6.04 Å². The highest BCUT2D eigenvalue weighted by Gasteiger charge is 2.25. The van der Waals surface area contributed by atoms with Gasteiger partial charge in [0.15, 0.2) is 5.78 Å². The van der Waals surface area contributed by atoms with Crippen LogP contribution in [0.3, 0.4) is 0 Å². The molecule has 0 bridgehead atoms. The van der Waals surface area contributed by atoms with E-state index in [1.165, 1.54) is 27.2 Å². The van der Waals surface area contributed by atoms with E-state index in [0.717, 1.165) is 0 Å². The van der Waals surface area contributed by atoms with Crippen LogP contribution in [0.1, 0.15) is 20.8 Å². The van der Waals surface area contributed by atoms with Gasteiger partial charge in [-0.15, -0.1) is 0 Å². The summed E-state index contributed by atoms with van der Waals surface area (Å²) in [6.07, 6.45) is 0. The maximum absolute atomic E-state index is 12.8. The normalized spacial score (nSPS) is 11.7. The Labute approximate surface area is 191 Å². The lowest BCUT2D eigenvalue weighted by Crippen LogP contribution is -2.32. The largest absolute Gasteiger partial charge is 0.497 e. The lowest BCUT2D eigenvalue weighted by molar-refractivity contribution is -0.126. The second-order valence-electron chi connectivity index (χ2n) is 6.44. The SMILES string of the molecule is CCOc1cc(N=NC(C(C)=O)C(=O)Nc2cc(OC)cc(OC)c2Cl)cc(OCC)c1. The first kappa shape index (κ1) is 24.9. The molecule has 0 radical (unpaired) electrons. The number of methoxy groups -OCH3 is 2. The molecule has 0 aliphatic carbocycles. The maximum Gasteiger partial charge on any atom is 0.258 e. The van der Waals surface area contributed by atoms with Crippen molar-refractivity contribution in [2.24, 2.45) is 10.2 Å². The lowest BCUT2D eigenvalue weighted by atomic mass is 10.2. The fourth-order valence-electron chi connectivity index (χ4n) is 2.69. The summed E-state index contributed by atoms with van der Waals surface area (Å²) in [5.74, 6) is 0.586. The number of nitrogens with one attached hydrogen (secondary N) is 1. The molecule has 1 atom stereocenters. The maximum atomic E-state index is 12.8. The Morgan fingerprint density at radius 3 is 2.09 bits per heavy atom. The number of halogens is 1. The minimum absolute atomic E-state index is 0.159. The molecule has 10 heteroatoms. The number of rotatable bonds is 11. The van der Waals surface area contributed by atoms with E-state index in [1.807, 2.05) is 13.8 Å². The van der Waals surface area contributed by atoms with Gasteiger partial charge in [0.05, 0.1) is 38.8 Å². The summed E-state index contributed by atoms with van der Waals surface area (Å²) in [4.78, 5) is 24.9. The third kappa shape index (κ3) is 6.58. The molecule has 0 aromatic heterocycles. The molecule has 9 nitrogen and oxygen atoms in total. The van der Waals surface area contributed by atoms with Gasteiger partial charge < -0.3 is 24.3 Å². The van der Waals surface area contributed by atoms with Crippen LogP contribution < -0.4 is 24.3 Å². The number of Topliss-reactive ketones (excluding diaryl/α,β-unsaturated/α-hetero) is 1. The number of benzene rings is 2. The van der Waals surface area contributed by atoms with E-state index in [0.29, 0.717) is 41.9 Å². The van der Waals surface area contributed by atoms with Crippen molar-refractivity contribution in [1.82, 2.24) is 0 Å². The van der Waals surface area contributed by atoms with Crippen molar-refractivity contribution in [3.8, 4) is 23.0 Å². The molecule has 32 heavy (non-hydrogen) atoms. The van der Waals surface area contributed by atoms with Crippen molar-refractivity contribution in [2.75, 3.05) is 32.8 Å². The second-order valence-corrected chi connectivity index (χ2v) is 6.82. The van der Waals surface area contributed by atoms with E-state index in [2.05, 4.69) is 15.5 Å². The van der Waals surface area contributed by atoms with E-state index in [-0.39, 0.29) is 10.7 Å². The number of anilines is 1. The van der Waals surface area contributed by atoms with Crippen LogP contribution in [-0.2, 0) is 9.59 Å².